The maximum Gasteiger partial charge on any atom is 0.229 e. The highest BCUT2D eigenvalue weighted by Crippen LogP contribution is 2.27. The number of nitrogens with zero attached hydrogens (tertiary/aromatic N) is 2. The van der Waals surface area contributed by atoms with Crippen LogP contribution in [-0.2, 0) is 0 Å². The molecule has 0 aliphatic heterocycles. The van der Waals surface area contributed by atoms with E-state index in [-0.39, 0.29) is 0 Å². The molecular formula is C21H24N4. The van der Waals surface area contributed by atoms with Crippen LogP contribution < -0.4 is 10.6 Å². The summed E-state index contributed by atoms with van der Waals surface area (Å²) in [6.07, 6.45) is 0. The number of benzene rings is 2. The molecule has 3 rings (SSSR count). The lowest BCUT2D eigenvalue weighted by atomic mass is 10.0. The Labute approximate surface area is 149 Å². The van der Waals surface area contributed by atoms with Crippen LogP contribution in [0, 0.1) is 13.8 Å². The highest BCUT2D eigenvalue weighted by Gasteiger charge is 2.08. The van der Waals surface area contributed by atoms with Crippen LogP contribution in [-0.4, -0.2) is 9.97 Å². The quantitative estimate of drug-likeness (QED) is 0.629. The maximum atomic E-state index is 4.62. The van der Waals surface area contributed by atoms with E-state index < -0.39 is 0 Å². The molecule has 0 atom stereocenters. The van der Waals surface area contributed by atoms with Crippen molar-refractivity contribution in [2.24, 2.45) is 0 Å². The Bertz CT molecular complexity index is 871. The second-order valence-corrected chi connectivity index (χ2v) is 6.58. The predicted octanol–water partition coefficient (Wildman–Crippen LogP) is 5.70. The van der Waals surface area contributed by atoms with Crippen molar-refractivity contribution in [3.8, 4) is 0 Å². The van der Waals surface area contributed by atoms with Gasteiger partial charge in [0.25, 0.3) is 0 Å². The molecule has 0 saturated carbocycles. The zero-order chi connectivity index (χ0) is 17.8. The first kappa shape index (κ1) is 17.0. The SMILES string of the molecule is Cc1cccc(Nc2nc(C)cc(Nc3ccccc3C(C)C)n2)c1. The van der Waals surface area contributed by atoms with Crippen molar-refractivity contribution in [3.63, 3.8) is 0 Å². The predicted molar refractivity (Wildman–Crippen MR) is 105 cm³/mol. The van der Waals surface area contributed by atoms with Crippen LogP contribution >= 0.6 is 0 Å². The van der Waals surface area contributed by atoms with Crippen molar-refractivity contribution in [1.82, 2.24) is 9.97 Å². The molecule has 0 unspecified atom stereocenters. The van der Waals surface area contributed by atoms with Crippen LogP contribution in [0.4, 0.5) is 23.1 Å². The first-order valence-corrected chi connectivity index (χ1v) is 8.56. The van der Waals surface area contributed by atoms with Crippen LogP contribution in [0.1, 0.15) is 36.6 Å². The average Bonchev–Trinajstić information content (AvgIpc) is 2.54. The summed E-state index contributed by atoms with van der Waals surface area (Å²) in [5, 5.41) is 6.73. The number of aryl methyl sites for hydroxylation is 2. The molecule has 0 spiro atoms. The fraction of sp³-hybridized carbons (Fsp3) is 0.238. The molecule has 4 heteroatoms. The Hall–Kier alpha value is -2.88. The van der Waals surface area contributed by atoms with Gasteiger partial charge < -0.3 is 10.6 Å². The van der Waals surface area contributed by atoms with E-state index in [1.54, 1.807) is 0 Å². The minimum absolute atomic E-state index is 0.441. The van der Waals surface area contributed by atoms with Crippen molar-refractivity contribution >= 4 is 23.1 Å². The third-order valence-electron chi connectivity index (χ3n) is 3.97. The summed E-state index contributed by atoms with van der Waals surface area (Å²) in [7, 11) is 0. The van der Waals surface area contributed by atoms with Gasteiger partial charge in [-0.25, -0.2) is 4.98 Å². The monoisotopic (exact) mass is 332 g/mol. The maximum absolute atomic E-state index is 4.62. The largest absolute Gasteiger partial charge is 0.340 e. The molecule has 0 aliphatic rings. The van der Waals surface area contributed by atoms with Gasteiger partial charge in [-0.15, -0.1) is 0 Å². The number of nitrogens with one attached hydrogen (secondary N) is 2. The van der Waals surface area contributed by atoms with Gasteiger partial charge in [-0.05, 0) is 49.1 Å². The summed E-state index contributed by atoms with van der Waals surface area (Å²) in [5.41, 5.74) is 5.44. The summed E-state index contributed by atoms with van der Waals surface area (Å²) in [6, 6.07) is 18.5. The van der Waals surface area contributed by atoms with E-state index in [0.29, 0.717) is 11.9 Å². The van der Waals surface area contributed by atoms with Crippen molar-refractivity contribution in [2.75, 3.05) is 10.6 Å². The molecule has 1 heterocycles. The highest BCUT2D eigenvalue weighted by atomic mass is 15.1. The average molecular weight is 332 g/mol. The van der Waals surface area contributed by atoms with Crippen molar-refractivity contribution in [2.45, 2.75) is 33.6 Å². The first-order chi connectivity index (χ1) is 12.0. The molecule has 0 saturated heterocycles. The molecular weight excluding hydrogens is 308 g/mol. The summed E-state index contributed by atoms with van der Waals surface area (Å²) in [6.45, 7) is 8.42. The molecule has 0 aliphatic carbocycles. The molecule has 128 valence electrons. The standard InChI is InChI=1S/C21H24N4/c1-14(2)18-10-5-6-11-19(18)24-20-13-16(4)22-21(25-20)23-17-9-7-8-15(3)12-17/h5-14H,1-4H3,(H2,22,23,24,25). The van der Waals surface area contributed by atoms with E-state index in [1.807, 2.05) is 31.2 Å². The Balaban J connectivity index is 1.87. The van der Waals surface area contributed by atoms with Gasteiger partial charge >= 0.3 is 0 Å². The number of para-hydroxylation sites is 1. The lowest BCUT2D eigenvalue weighted by Crippen LogP contribution is -2.04. The molecule has 0 fully saturated rings. The Morgan fingerprint density at radius 3 is 2.40 bits per heavy atom. The van der Waals surface area contributed by atoms with E-state index in [2.05, 4.69) is 71.7 Å². The molecule has 3 aromatic rings. The van der Waals surface area contributed by atoms with Gasteiger partial charge in [-0.1, -0.05) is 44.2 Å². The second kappa shape index (κ2) is 7.34. The van der Waals surface area contributed by atoms with E-state index in [0.717, 1.165) is 22.9 Å². The fourth-order valence-corrected chi connectivity index (χ4v) is 2.79. The minimum atomic E-state index is 0.441. The van der Waals surface area contributed by atoms with Gasteiger partial charge in [0.05, 0.1) is 0 Å². The topological polar surface area (TPSA) is 49.8 Å². The zero-order valence-electron chi connectivity index (χ0n) is 15.2. The Morgan fingerprint density at radius 1 is 0.840 bits per heavy atom. The van der Waals surface area contributed by atoms with Gasteiger partial charge in [-0.3, -0.25) is 0 Å². The molecule has 4 nitrogen and oxygen atoms in total. The van der Waals surface area contributed by atoms with Gasteiger partial charge in [0, 0.05) is 23.1 Å². The van der Waals surface area contributed by atoms with Crippen LogP contribution in [0.15, 0.2) is 54.6 Å². The number of hydrogen-bond donors (Lipinski definition) is 2. The zero-order valence-corrected chi connectivity index (χ0v) is 15.2. The summed E-state index contributed by atoms with van der Waals surface area (Å²) in [4.78, 5) is 9.12. The third kappa shape index (κ3) is 4.35. The molecule has 25 heavy (non-hydrogen) atoms. The Kier molecular flexibility index (Phi) is 4.98. The van der Waals surface area contributed by atoms with Gasteiger partial charge in [0.2, 0.25) is 5.95 Å². The van der Waals surface area contributed by atoms with Crippen molar-refractivity contribution in [1.29, 1.82) is 0 Å². The van der Waals surface area contributed by atoms with E-state index in [4.69, 9.17) is 0 Å². The smallest absolute Gasteiger partial charge is 0.229 e. The summed E-state index contributed by atoms with van der Waals surface area (Å²) in [5.74, 6) is 1.82. The molecule has 0 amide bonds. The van der Waals surface area contributed by atoms with E-state index >= 15 is 0 Å². The molecule has 2 N–H and O–H groups in total. The minimum Gasteiger partial charge on any atom is -0.340 e. The van der Waals surface area contributed by atoms with Gasteiger partial charge in [-0.2, -0.15) is 4.98 Å². The summed E-state index contributed by atoms with van der Waals surface area (Å²) >= 11 is 0. The third-order valence-corrected chi connectivity index (χ3v) is 3.97. The Morgan fingerprint density at radius 2 is 1.64 bits per heavy atom. The van der Waals surface area contributed by atoms with Crippen LogP contribution in [0.3, 0.4) is 0 Å². The highest BCUT2D eigenvalue weighted by molar-refractivity contribution is 5.63. The lowest BCUT2D eigenvalue weighted by molar-refractivity contribution is 0.869. The number of anilines is 4. The van der Waals surface area contributed by atoms with E-state index in [9.17, 15) is 0 Å². The number of rotatable bonds is 5. The van der Waals surface area contributed by atoms with Gasteiger partial charge in [0.1, 0.15) is 5.82 Å². The fourth-order valence-electron chi connectivity index (χ4n) is 2.79. The molecule has 0 bridgehead atoms. The van der Waals surface area contributed by atoms with Crippen LogP contribution in [0.5, 0.6) is 0 Å². The van der Waals surface area contributed by atoms with Gasteiger partial charge in [0.15, 0.2) is 0 Å². The second-order valence-electron chi connectivity index (χ2n) is 6.58. The number of aromatic nitrogens is 2. The lowest BCUT2D eigenvalue weighted by Gasteiger charge is -2.15. The van der Waals surface area contributed by atoms with Crippen LogP contribution in [0.2, 0.25) is 0 Å². The van der Waals surface area contributed by atoms with E-state index in [1.165, 1.54) is 11.1 Å². The number of hydrogen-bond acceptors (Lipinski definition) is 4. The van der Waals surface area contributed by atoms with Crippen molar-refractivity contribution < 1.29 is 0 Å². The molecule has 1 aromatic heterocycles. The first-order valence-electron chi connectivity index (χ1n) is 8.56. The van der Waals surface area contributed by atoms with Crippen LogP contribution in [0.25, 0.3) is 0 Å². The van der Waals surface area contributed by atoms with Crippen molar-refractivity contribution in [3.05, 3.63) is 71.4 Å². The normalized spacial score (nSPS) is 10.8. The molecule has 0 radical (unpaired) electrons. The summed E-state index contributed by atoms with van der Waals surface area (Å²) < 4.78 is 0. The molecule has 2 aromatic carbocycles.